The van der Waals surface area contributed by atoms with Crippen LogP contribution in [0.25, 0.3) is 6.08 Å². The minimum absolute atomic E-state index is 0.345. The fourth-order valence-electron chi connectivity index (χ4n) is 0.850. The Labute approximate surface area is 81.1 Å². The predicted molar refractivity (Wildman–Crippen MR) is 51.7 cm³/mol. The van der Waals surface area contributed by atoms with Crippen molar-refractivity contribution in [1.29, 1.82) is 0 Å². The average Bonchev–Trinajstić information content (AvgIpc) is 2.14. The van der Waals surface area contributed by atoms with Gasteiger partial charge in [-0.3, -0.25) is 0 Å². The maximum absolute atomic E-state index is 10.8. The Bertz CT molecular complexity index is 364. The molecule has 0 aliphatic heterocycles. The van der Waals surface area contributed by atoms with E-state index in [4.69, 9.17) is 9.52 Å². The van der Waals surface area contributed by atoms with Gasteiger partial charge in [0.15, 0.2) is 0 Å². The van der Waals surface area contributed by atoms with E-state index in [9.17, 15) is 9.90 Å². The molecule has 14 heavy (non-hydrogen) atoms. The van der Waals surface area contributed by atoms with Gasteiger partial charge in [-0.1, -0.05) is 6.07 Å². The van der Waals surface area contributed by atoms with E-state index in [2.05, 4.69) is 0 Å². The lowest BCUT2D eigenvalue weighted by atomic mass is 10.2. The lowest BCUT2D eigenvalue weighted by Gasteiger charge is -2.06. The average molecular weight is 196 g/mol. The lowest BCUT2D eigenvalue weighted by molar-refractivity contribution is 0.0623. The highest BCUT2D eigenvalue weighted by Gasteiger charge is 2.05. The van der Waals surface area contributed by atoms with Crippen LogP contribution in [0.15, 0.2) is 33.5 Å². The van der Waals surface area contributed by atoms with Gasteiger partial charge in [0, 0.05) is 6.07 Å². The summed E-state index contributed by atoms with van der Waals surface area (Å²) in [5, 5.41) is 18.2. The van der Waals surface area contributed by atoms with Crippen molar-refractivity contribution in [2.45, 2.75) is 19.1 Å². The number of hydrogen-bond donors (Lipinski definition) is 2. The Kier molecular flexibility index (Phi) is 3.62. The summed E-state index contributed by atoms with van der Waals surface area (Å²) in [5.41, 5.74) is -0.446. The molecule has 1 heterocycles. The monoisotopic (exact) mass is 196 g/mol. The van der Waals surface area contributed by atoms with Crippen LogP contribution in [0.3, 0.4) is 0 Å². The molecule has 0 aliphatic carbocycles. The van der Waals surface area contributed by atoms with Crippen molar-refractivity contribution in [1.82, 2.24) is 0 Å². The summed E-state index contributed by atoms with van der Waals surface area (Å²) in [7, 11) is 0. The zero-order chi connectivity index (χ0) is 10.6. The van der Waals surface area contributed by atoms with Gasteiger partial charge in [0.1, 0.15) is 5.76 Å². The fraction of sp³-hybridized carbons (Fsp3) is 0.300. The molecule has 1 rings (SSSR count). The van der Waals surface area contributed by atoms with Crippen LogP contribution in [0.2, 0.25) is 0 Å². The molecule has 0 saturated heterocycles. The van der Waals surface area contributed by atoms with E-state index in [0.29, 0.717) is 5.76 Å². The molecule has 0 amide bonds. The molecule has 4 nitrogen and oxygen atoms in total. The maximum atomic E-state index is 10.8. The topological polar surface area (TPSA) is 70.7 Å². The summed E-state index contributed by atoms with van der Waals surface area (Å²) in [6.45, 7) is 1.47. The zero-order valence-electron chi connectivity index (χ0n) is 7.75. The van der Waals surface area contributed by atoms with Gasteiger partial charge in [0.2, 0.25) is 0 Å². The largest absolute Gasteiger partial charge is 0.423 e. The molecule has 0 spiro atoms. The molecule has 2 N–H and O–H groups in total. The third kappa shape index (κ3) is 3.16. The second-order valence-electron chi connectivity index (χ2n) is 2.94. The highest BCUT2D eigenvalue weighted by atomic mass is 16.4. The first-order valence-corrected chi connectivity index (χ1v) is 4.24. The Morgan fingerprint density at radius 1 is 1.43 bits per heavy atom. The van der Waals surface area contributed by atoms with Crippen LogP contribution in [0, 0.1) is 0 Å². The number of aliphatic hydroxyl groups excluding tert-OH is 2. The third-order valence-corrected chi connectivity index (χ3v) is 1.66. The molecule has 76 valence electrons. The van der Waals surface area contributed by atoms with E-state index in [1.807, 2.05) is 0 Å². The molecule has 2 unspecified atom stereocenters. The normalized spacial score (nSPS) is 15.6. The Morgan fingerprint density at radius 3 is 2.71 bits per heavy atom. The summed E-state index contributed by atoms with van der Waals surface area (Å²) in [5.74, 6) is 0.345. The first-order chi connectivity index (χ1) is 6.59. The Hall–Kier alpha value is -1.39. The Morgan fingerprint density at radius 2 is 2.14 bits per heavy atom. The molecule has 0 aliphatic rings. The molecule has 0 aromatic carbocycles. The second-order valence-corrected chi connectivity index (χ2v) is 2.94. The lowest BCUT2D eigenvalue weighted by Crippen LogP contribution is -2.19. The van der Waals surface area contributed by atoms with Crippen molar-refractivity contribution >= 4 is 6.08 Å². The number of rotatable bonds is 3. The van der Waals surface area contributed by atoms with Crippen LogP contribution in [0.5, 0.6) is 0 Å². The standard InChI is InChI=1S/C10H12O4/c1-7(11)9(12)6-5-8-3-2-4-10(13)14-8/h2-7,9,11-12H,1H3. The second kappa shape index (κ2) is 4.74. The highest BCUT2D eigenvalue weighted by Crippen LogP contribution is 2.01. The van der Waals surface area contributed by atoms with Crippen LogP contribution >= 0.6 is 0 Å². The van der Waals surface area contributed by atoms with Crippen molar-refractivity contribution in [3.8, 4) is 0 Å². The summed E-state index contributed by atoms with van der Waals surface area (Å²) in [4.78, 5) is 10.8. The van der Waals surface area contributed by atoms with Crippen LogP contribution in [0.1, 0.15) is 12.7 Å². The predicted octanol–water partition coefficient (Wildman–Crippen LogP) is 0.395. The van der Waals surface area contributed by atoms with E-state index in [0.717, 1.165) is 0 Å². The number of aliphatic hydroxyl groups is 2. The summed E-state index contributed by atoms with van der Waals surface area (Å²) in [6.07, 6.45) is 1.00. The molecule has 0 fully saturated rings. The van der Waals surface area contributed by atoms with E-state index >= 15 is 0 Å². The first kappa shape index (κ1) is 10.7. The van der Waals surface area contributed by atoms with E-state index in [1.54, 1.807) is 12.1 Å². The maximum Gasteiger partial charge on any atom is 0.336 e. The molecular weight excluding hydrogens is 184 g/mol. The zero-order valence-corrected chi connectivity index (χ0v) is 7.75. The van der Waals surface area contributed by atoms with Crippen molar-refractivity contribution < 1.29 is 14.6 Å². The van der Waals surface area contributed by atoms with Gasteiger partial charge in [-0.05, 0) is 25.1 Å². The molecule has 1 aromatic heterocycles. The van der Waals surface area contributed by atoms with Crippen molar-refractivity contribution in [3.63, 3.8) is 0 Å². The van der Waals surface area contributed by atoms with Gasteiger partial charge in [-0.15, -0.1) is 0 Å². The SMILES string of the molecule is CC(O)C(O)C=Cc1cccc(=O)o1. The summed E-state index contributed by atoms with van der Waals surface area (Å²) < 4.78 is 4.77. The van der Waals surface area contributed by atoms with Gasteiger partial charge in [-0.25, -0.2) is 4.79 Å². The highest BCUT2D eigenvalue weighted by molar-refractivity contribution is 5.42. The molecule has 0 saturated carbocycles. The van der Waals surface area contributed by atoms with Crippen LogP contribution in [-0.4, -0.2) is 22.4 Å². The number of hydrogen-bond acceptors (Lipinski definition) is 4. The fourth-order valence-corrected chi connectivity index (χ4v) is 0.850. The first-order valence-electron chi connectivity index (χ1n) is 4.24. The quantitative estimate of drug-likeness (QED) is 0.733. The molecule has 1 aromatic rings. The minimum atomic E-state index is -0.958. The smallest absolute Gasteiger partial charge is 0.336 e. The van der Waals surface area contributed by atoms with E-state index in [-0.39, 0.29) is 0 Å². The summed E-state index contributed by atoms with van der Waals surface area (Å²) >= 11 is 0. The van der Waals surface area contributed by atoms with E-state index in [1.165, 1.54) is 25.1 Å². The van der Waals surface area contributed by atoms with Gasteiger partial charge in [-0.2, -0.15) is 0 Å². The van der Waals surface area contributed by atoms with Gasteiger partial charge in [0.05, 0.1) is 12.2 Å². The summed E-state index contributed by atoms with van der Waals surface area (Å²) in [6, 6.07) is 4.44. The Balaban J connectivity index is 2.73. The minimum Gasteiger partial charge on any atom is -0.423 e. The van der Waals surface area contributed by atoms with Crippen LogP contribution in [0.4, 0.5) is 0 Å². The van der Waals surface area contributed by atoms with Crippen molar-refractivity contribution in [2.24, 2.45) is 0 Å². The third-order valence-electron chi connectivity index (χ3n) is 1.66. The van der Waals surface area contributed by atoms with Gasteiger partial charge in [0.25, 0.3) is 0 Å². The van der Waals surface area contributed by atoms with Crippen LogP contribution in [-0.2, 0) is 0 Å². The van der Waals surface area contributed by atoms with E-state index < -0.39 is 17.8 Å². The molecule has 4 heteroatoms. The van der Waals surface area contributed by atoms with Crippen molar-refractivity contribution in [2.75, 3.05) is 0 Å². The molecular formula is C10H12O4. The molecule has 0 bridgehead atoms. The molecule has 2 atom stereocenters. The molecule has 0 radical (unpaired) electrons. The van der Waals surface area contributed by atoms with Gasteiger partial charge < -0.3 is 14.6 Å². The van der Waals surface area contributed by atoms with Crippen LogP contribution < -0.4 is 5.63 Å². The van der Waals surface area contributed by atoms with Crippen molar-refractivity contribution in [3.05, 3.63) is 40.5 Å². The van der Waals surface area contributed by atoms with Gasteiger partial charge >= 0.3 is 5.63 Å².